The number of halogens is 2. The standard InChI is InChI=1S/C19H18ClFN4O2/c1-11-2-3-13(10-25(11)19(26)12-4-6-15(21)7-5-12)18-23-17(24-27-18)16-8-14(20)9-22-16/h4-9,11,13,22H,2-3,10H2,1H3/t11-,13?/m1/s1. The van der Waals surface area contributed by atoms with Gasteiger partial charge in [-0.2, -0.15) is 4.98 Å². The molecule has 2 atom stereocenters. The maximum atomic E-state index is 13.1. The van der Waals surface area contributed by atoms with Crippen LogP contribution in [0.15, 0.2) is 41.1 Å². The highest BCUT2D eigenvalue weighted by atomic mass is 35.5. The molecular weight excluding hydrogens is 371 g/mol. The van der Waals surface area contributed by atoms with Crippen molar-refractivity contribution in [2.24, 2.45) is 0 Å². The van der Waals surface area contributed by atoms with Crippen molar-refractivity contribution >= 4 is 17.5 Å². The summed E-state index contributed by atoms with van der Waals surface area (Å²) in [5.41, 5.74) is 1.15. The first-order chi connectivity index (χ1) is 13.0. The number of aromatic nitrogens is 3. The van der Waals surface area contributed by atoms with Crippen LogP contribution in [0.5, 0.6) is 0 Å². The molecule has 1 amide bonds. The molecule has 1 aliphatic heterocycles. The normalized spacial score (nSPS) is 20.0. The van der Waals surface area contributed by atoms with Gasteiger partial charge in [-0.15, -0.1) is 0 Å². The molecule has 2 aromatic heterocycles. The Balaban J connectivity index is 1.53. The zero-order valence-corrected chi connectivity index (χ0v) is 15.4. The van der Waals surface area contributed by atoms with Crippen molar-refractivity contribution in [3.63, 3.8) is 0 Å². The molecule has 3 heterocycles. The Bertz CT molecular complexity index is 953. The van der Waals surface area contributed by atoms with Crippen LogP contribution in [0.4, 0.5) is 4.39 Å². The monoisotopic (exact) mass is 388 g/mol. The van der Waals surface area contributed by atoms with E-state index in [9.17, 15) is 9.18 Å². The van der Waals surface area contributed by atoms with Crippen LogP contribution < -0.4 is 0 Å². The predicted octanol–water partition coefficient (Wildman–Crippen LogP) is 4.27. The average Bonchev–Trinajstić information content (AvgIpc) is 3.31. The SMILES string of the molecule is C[C@@H]1CCC(c2nc(-c3cc(Cl)c[nH]3)no2)CN1C(=O)c1ccc(F)cc1. The number of likely N-dealkylation sites (tertiary alicyclic amines) is 1. The Morgan fingerprint density at radius 3 is 2.81 bits per heavy atom. The van der Waals surface area contributed by atoms with Gasteiger partial charge in [-0.1, -0.05) is 16.8 Å². The molecule has 0 saturated carbocycles. The van der Waals surface area contributed by atoms with E-state index in [2.05, 4.69) is 15.1 Å². The molecule has 1 saturated heterocycles. The fourth-order valence-corrected chi connectivity index (χ4v) is 3.52. The second-order valence-corrected chi connectivity index (χ2v) is 7.21. The third-order valence-corrected chi connectivity index (χ3v) is 5.13. The Morgan fingerprint density at radius 2 is 2.11 bits per heavy atom. The maximum absolute atomic E-state index is 13.1. The zero-order valence-electron chi connectivity index (χ0n) is 14.7. The molecule has 1 aromatic carbocycles. The first-order valence-corrected chi connectivity index (χ1v) is 9.13. The van der Waals surface area contributed by atoms with Crippen molar-refractivity contribution in [1.82, 2.24) is 20.0 Å². The molecule has 1 fully saturated rings. The van der Waals surface area contributed by atoms with Gasteiger partial charge in [0, 0.05) is 24.3 Å². The van der Waals surface area contributed by atoms with Crippen molar-refractivity contribution in [2.75, 3.05) is 6.54 Å². The maximum Gasteiger partial charge on any atom is 0.254 e. The van der Waals surface area contributed by atoms with E-state index in [1.54, 1.807) is 17.2 Å². The Morgan fingerprint density at radius 1 is 1.33 bits per heavy atom. The lowest BCUT2D eigenvalue weighted by Crippen LogP contribution is -2.44. The summed E-state index contributed by atoms with van der Waals surface area (Å²) in [5.74, 6) is 0.408. The molecule has 0 aliphatic carbocycles. The van der Waals surface area contributed by atoms with Crippen LogP contribution >= 0.6 is 11.6 Å². The fraction of sp³-hybridized carbons (Fsp3) is 0.316. The van der Waals surface area contributed by atoms with Gasteiger partial charge in [0.15, 0.2) is 0 Å². The van der Waals surface area contributed by atoms with Crippen LogP contribution in [0.25, 0.3) is 11.5 Å². The van der Waals surface area contributed by atoms with Crippen molar-refractivity contribution in [1.29, 1.82) is 0 Å². The van der Waals surface area contributed by atoms with Gasteiger partial charge in [0.05, 0.1) is 16.6 Å². The van der Waals surface area contributed by atoms with Gasteiger partial charge in [0.25, 0.3) is 5.91 Å². The molecule has 3 aromatic rings. The fourth-order valence-electron chi connectivity index (χ4n) is 3.36. The summed E-state index contributed by atoms with van der Waals surface area (Å²) in [7, 11) is 0. The lowest BCUT2D eigenvalue weighted by Gasteiger charge is -2.36. The minimum Gasteiger partial charge on any atom is -0.357 e. The molecular formula is C19H18ClFN4O2. The van der Waals surface area contributed by atoms with Gasteiger partial charge in [0.2, 0.25) is 11.7 Å². The number of carbonyl (C=O) groups excluding carboxylic acids is 1. The number of H-pyrrole nitrogens is 1. The van der Waals surface area contributed by atoms with Crippen LogP contribution in [-0.4, -0.2) is 38.5 Å². The summed E-state index contributed by atoms with van der Waals surface area (Å²) in [5, 5.41) is 4.58. The molecule has 1 N–H and O–H groups in total. The van der Waals surface area contributed by atoms with E-state index in [-0.39, 0.29) is 23.7 Å². The Hall–Kier alpha value is -2.67. The second kappa shape index (κ2) is 7.15. The summed E-state index contributed by atoms with van der Waals surface area (Å²) in [6, 6.07) is 7.42. The van der Waals surface area contributed by atoms with Gasteiger partial charge >= 0.3 is 0 Å². The number of benzene rings is 1. The van der Waals surface area contributed by atoms with E-state index in [4.69, 9.17) is 16.1 Å². The largest absolute Gasteiger partial charge is 0.357 e. The minimum atomic E-state index is -0.362. The molecule has 27 heavy (non-hydrogen) atoms. The number of nitrogens with zero attached hydrogens (tertiary/aromatic N) is 3. The van der Waals surface area contributed by atoms with E-state index in [0.29, 0.717) is 34.5 Å². The van der Waals surface area contributed by atoms with Gasteiger partial charge in [-0.25, -0.2) is 4.39 Å². The zero-order chi connectivity index (χ0) is 19.0. The highest BCUT2D eigenvalue weighted by Crippen LogP contribution is 2.31. The minimum absolute atomic E-state index is 0.0442. The summed E-state index contributed by atoms with van der Waals surface area (Å²) in [6.07, 6.45) is 3.32. The number of aromatic amines is 1. The summed E-state index contributed by atoms with van der Waals surface area (Å²) in [4.78, 5) is 22.1. The molecule has 4 rings (SSSR count). The Kier molecular flexibility index (Phi) is 4.70. The van der Waals surface area contributed by atoms with E-state index in [1.807, 2.05) is 6.92 Å². The van der Waals surface area contributed by atoms with Crippen molar-refractivity contribution in [3.05, 3.63) is 58.8 Å². The summed E-state index contributed by atoms with van der Waals surface area (Å²) in [6.45, 7) is 2.49. The summed E-state index contributed by atoms with van der Waals surface area (Å²) < 4.78 is 18.6. The molecule has 8 heteroatoms. The molecule has 0 bridgehead atoms. The van der Waals surface area contributed by atoms with Gasteiger partial charge < -0.3 is 14.4 Å². The van der Waals surface area contributed by atoms with Crippen molar-refractivity contribution in [2.45, 2.75) is 31.7 Å². The van der Waals surface area contributed by atoms with E-state index >= 15 is 0 Å². The molecule has 1 unspecified atom stereocenters. The number of rotatable bonds is 3. The number of carbonyl (C=O) groups is 1. The number of hydrogen-bond donors (Lipinski definition) is 1. The van der Waals surface area contributed by atoms with E-state index in [1.165, 1.54) is 24.3 Å². The van der Waals surface area contributed by atoms with Crippen LogP contribution in [-0.2, 0) is 0 Å². The van der Waals surface area contributed by atoms with Crippen LogP contribution in [0.3, 0.4) is 0 Å². The average molecular weight is 389 g/mol. The highest BCUT2D eigenvalue weighted by molar-refractivity contribution is 6.30. The quantitative estimate of drug-likeness (QED) is 0.727. The van der Waals surface area contributed by atoms with Crippen molar-refractivity contribution < 1.29 is 13.7 Å². The highest BCUT2D eigenvalue weighted by Gasteiger charge is 2.33. The van der Waals surface area contributed by atoms with Gasteiger partial charge in [-0.3, -0.25) is 4.79 Å². The molecule has 1 aliphatic rings. The first kappa shape index (κ1) is 17.7. The topological polar surface area (TPSA) is 75.0 Å². The lowest BCUT2D eigenvalue weighted by atomic mass is 9.92. The van der Waals surface area contributed by atoms with Crippen LogP contribution in [0.2, 0.25) is 5.02 Å². The molecule has 6 nitrogen and oxygen atoms in total. The number of nitrogens with one attached hydrogen (secondary N) is 1. The molecule has 0 radical (unpaired) electrons. The summed E-state index contributed by atoms with van der Waals surface area (Å²) >= 11 is 5.92. The van der Waals surface area contributed by atoms with Gasteiger partial charge in [0.1, 0.15) is 5.82 Å². The third-order valence-electron chi connectivity index (χ3n) is 4.91. The van der Waals surface area contributed by atoms with Gasteiger partial charge in [-0.05, 0) is 50.1 Å². The lowest BCUT2D eigenvalue weighted by molar-refractivity contribution is 0.0593. The van der Waals surface area contributed by atoms with Crippen LogP contribution in [0.1, 0.15) is 41.9 Å². The molecule has 140 valence electrons. The second-order valence-electron chi connectivity index (χ2n) is 6.78. The first-order valence-electron chi connectivity index (χ1n) is 8.75. The van der Waals surface area contributed by atoms with E-state index < -0.39 is 0 Å². The third kappa shape index (κ3) is 3.60. The number of hydrogen-bond acceptors (Lipinski definition) is 4. The molecule has 0 spiro atoms. The predicted molar refractivity (Wildman–Crippen MR) is 98.0 cm³/mol. The van der Waals surface area contributed by atoms with Crippen LogP contribution in [0, 0.1) is 5.82 Å². The van der Waals surface area contributed by atoms with E-state index in [0.717, 1.165) is 12.8 Å². The number of amides is 1. The Labute approximate surface area is 160 Å². The van der Waals surface area contributed by atoms with Crippen molar-refractivity contribution in [3.8, 4) is 11.5 Å². The smallest absolute Gasteiger partial charge is 0.254 e. The number of piperidine rings is 1.